The van der Waals surface area contributed by atoms with Crippen molar-refractivity contribution in [1.82, 2.24) is 14.9 Å². The van der Waals surface area contributed by atoms with Crippen LogP contribution in [0.25, 0.3) is 22.5 Å². The second kappa shape index (κ2) is 12.8. The molecule has 0 spiro atoms. The van der Waals surface area contributed by atoms with Crippen molar-refractivity contribution in [3.05, 3.63) is 81.9 Å². The number of nitrogens with zero attached hydrogens (tertiary/aromatic N) is 2. The fourth-order valence-electron chi connectivity index (χ4n) is 5.02. The van der Waals surface area contributed by atoms with Crippen LogP contribution in [0, 0.1) is 19.8 Å². The van der Waals surface area contributed by atoms with Crippen LogP contribution in [0.1, 0.15) is 30.5 Å². The third-order valence-electron chi connectivity index (χ3n) is 6.80. The van der Waals surface area contributed by atoms with Gasteiger partial charge in [-0.3, -0.25) is 9.69 Å². The first-order chi connectivity index (χ1) is 19.7. The van der Waals surface area contributed by atoms with E-state index in [2.05, 4.69) is 50.0 Å². The van der Waals surface area contributed by atoms with E-state index in [0.29, 0.717) is 39.9 Å². The van der Waals surface area contributed by atoms with E-state index in [0.717, 1.165) is 49.7 Å². The molecule has 41 heavy (non-hydrogen) atoms. The van der Waals surface area contributed by atoms with Crippen LogP contribution < -0.4 is 15.6 Å². The Morgan fingerprint density at radius 2 is 1.83 bits per heavy atom. The molecule has 0 saturated carbocycles. The molecule has 0 amide bonds. The zero-order valence-corrected chi connectivity index (χ0v) is 24.8. The van der Waals surface area contributed by atoms with Crippen molar-refractivity contribution < 1.29 is 13.4 Å². The summed E-state index contributed by atoms with van der Waals surface area (Å²) in [5.41, 5.74) is 6.50. The Labute approximate surface area is 242 Å². The van der Waals surface area contributed by atoms with Gasteiger partial charge >= 0.3 is 0 Å². The van der Waals surface area contributed by atoms with Gasteiger partial charge < -0.3 is 24.2 Å². The van der Waals surface area contributed by atoms with Gasteiger partial charge in [-0.1, -0.05) is 19.9 Å². The van der Waals surface area contributed by atoms with Gasteiger partial charge in [0.25, 0.3) is 11.6 Å². The van der Waals surface area contributed by atoms with Crippen LogP contribution in [0.4, 0.5) is 17.4 Å². The Balaban J connectivity index is 1.43. The molecule has 1 aliphatic heterocycles. The Hall–Kier alpha value is -3.73. The molecule has 216 valence electrons. The number of ether oxygens (including phenoxy) is 1. The van der Waals surface area contributed by atoms with Crippen LogP contribution in [-0.4, -0.2) is 51.1 Å². The third-order valence-corrected chi connectivity index (χ3v) is 8.23. The van der Waals surface area contributed by atoms with E-state index in [1.54, 1.807) is 12.4 Å². The zero-order chi connectivity index (χ0) is 28.9. The summed E-state index contributed by atoms with van der Waals surface area (Å²) in [6.45, 7) is 12.3. The largest absolute Gasteiger partial charge is 0.423 e. The van der Waals surface area contributed by atoms with Crippen molar-refractivity contribution in [2.24, 2.45) is 5.92 Å². The molecule has 10 heteroatoms. The van der Waals surface area contributed by atoms with Gasteiger partial charge in [0.2, 0.25) is 0 Å². The summed E-state index contributed by atoms with van der Waals surface area (Å²) in [7, 11) is -1.28. The first-order valence-electron chi connectivity index (χ1n) is 13.9. The molecule has 3 heterocycles. The van der Waals surface area contributed by atoms with Crippen molar-refractivity contribution >= 4 is 28.4 Å². The first kappa shape index (κ1) is 28.8. The second-order valence-electron chi connectivity index (χ2n) is 10.9. The predicted molar refractivity (Wildman–Crippen MR) is 165 cm³/mol. The highest BCUT2D eigenvalue weighted by Crippen LogP contribution is 2.32. The molecule has 1 atom stereocenters. The van der Waals surface area contributed by atoms with Crippen molar-refractivity contribution in [3.8, 4) is 22.5 Å². The summed E-state index contributed by atoms with van der Waals surface area (Å²) in [5, 5.41) is 3.31. The maximum Gasteiger partial charge on any atom is 0.299 e. The van der Waals surface area contributed by atoms with E-state index in [1.807, 2.05) is 45.0 Å². The predicted octanol–water partition coefficient (Wildman–Crippen LogP) is 5.62. The molecule has 1 fully saturated rings. The molecule has 1 saturated heterocycles. The highest BCUT2D eigenvalue weighted by molar-refractivity contribution is 7.86. The number of H-pyrrole nitrogens is 1. The fraction of sp³-hybridized carbons (Fsp3) is 0.355. The van der Waals surface area contributed by atoms with Crippen LogP contribution in [0.5, 0.6) is 0 Å². The standard InChI is InChI=1S/C31H37N5O4S/c1-20(2)19-41(38)35-27-15-24(14-25(16-27)29-22(4)5-6-32-30(29)37)28-17-33-31(40-28)34-26-12-21(3)11-23(13-26)18-36-7-9-39-10-8-36/h5-6,11-17,20,35H,7-10,18-19H2,1-4H3,(H,32,37)(H,33,34). The average molecular weight is 576 g/mol. The normalized spacial score (nSPS) is 14.8. The topological polar surface area (TPSA) is 112 Å². The lowest BCUT2D eigenvalue weighted by Crippen LogP contribution is -2.35. The summed E-state index contributed by atoms with van der Waals surface area (Å²) < 4.78 is 27.4. The van der Waals surface area contributed by atoms with Gasteiger partial charge in [0.1, 0.15) is 11.0 Å². The third kappa shape index (κ3) is 7.52. The van der Waals surface area contributed by atoms with Crippen LogP contribution >= 0.6 is 0 Å². The number of benzene rings is 2. The maximum absolute atomic E-state index is 12.8. The van der Waals surface area contributed by atoms with Gasteiger partial charge in [-0.2, -0.15) is 0 Å². The summed E-state index contributed by atoms with van der Waals surface area (Å²) in [5.74, 6) is 1.30. The monoisotopic (exact) mass is 575 g/mol. The van der Waals surface area contributed by atoms with Gasteiger partial charge in [0, 0.05) is 54.1 Å². The molecule has 0 bridgehead atoms. The number of hydrogen-bond donors (Lipinski definition) is 3. The second-order valence-corrected chi connectivity index (χ2v) is 12.2. The Bertz CT molecular complexity index is 1590. The number of rotatable bonds is 10. The van der Waals surface area contributed by atoms with E-state index >= 15 is 0 Å². The SMILES string of the molecule is Cc1cc(CN2CCOCC2)cc(Nc2ncc(-c3cc(NS(=O)CC(C)C)cc(-c4c(C)cc[nH]c4=O)c3)o2)c1. The van der Waals surface area contributed by atoms with Gasteiger partial charge in [-0.15, -0.1) is 0 Å². The Kier molecular flexibility index (Phi) is 9.02. The zero-order valence-electron chi connectivity index (χ0n) is 24.0. The lowest BCUT2D eigenvalue weighted by atomic mass is 9.99. The van der Waals surface area contributed by atoms with Crippen LogP contribution in [0.2, 0.25) is 0 Å². The van der Waals surface area contributed by atoms with E-state index < -0.39 is 11.0 Å². The lowest BCUT2D eigenvalue weighted by molar-refractivity contribution is 0.0342. The van der Waals surface area contributed by atoms with Gasteiger partial charge in [0.15, 0.2) is 5.76 Å². The number of oxazole rings is 1. The minimum atomic E-state index is -1.28. The highest BCUT2D eigenvalue weighted by atomic mass is 32.2. The average Bonchev–Trinajstić information content (AvgIpc) is 3.37. The molecule has 1 aliphatic rings. The molecule has 2 aromatic carbocycles. The number of morpholine rings is 1. The smallest absolute Gasteiger partial charge is 0.299 e. The van der Waals surface area contributed by atoms with Gasteiger partial charge in [0.05, 0.1) is 19.4 Å². The quantitative estimate of drug-likeness (QED) is 0.225. The van der Waals surface area contributed by atoms with Crippen LogP contribution in [-0.2, 0) is 22.3 Å². The molecule has 3 N–H and O–H groups in total. The van der Waals surface area contributed by atoms with E-state index in [-0.39, 0.29) is 11.5 Å². The maximum atomic E-state index is 12.8. The van der Waals surface area contributed by atoms with Gasteiger partial charge in [-0.05, 0) is 78.4 Å². The Morgan fingerprint density at radius 3 is 2.59 bits per heavy atom. The molecule has 2 aromatic heterocycles. The number of aromatic nitrogens is 2. The number of nitrogens with one attached hydrogen (secondary N) is 3. The number of anilines is 3. The summed E-state index contributed by atoms with van der Waals surface area (Å²) in [4.78, 5) is 22.4. The Morgan fingerprint density at radius 1 is 1.05 bits per heavy atom. The minimum Gasteiger partial charge on any atom is -0.423 e. The summed E-state index contributed by atoms with van der Waals surface area (Å²) >= 11 is 0. The van der Waals surface area contributed by atoms with E-state index in [4.69, 9.17) is 9.15 Å². The lowest BCUT2D eigenvalue weighted by Gasteiger charge is -2.26. The molecular formula is C31H37N5O4S. The number of pyridine rings is 1. The van der Waals surface area contributed by atoms with E-state index in [1.165, 1.54) is 5.56 Å². The summed E-state index contributed by atoms with van der Waals surface area (Å²) in [6.07, 6.45) is 3.29. The summed E-state index contributed by atoms with van der Waals surface area (Å²) in [6, 6.07) is 14.2. The van der Waals surface area contributed by atoms with Crippen molar-refractivity contribution in [2.45, 2.75) is 34.2 Å². The molecule has 9 nitrogen and oxygen atoms in total. The highest BCUT2D eigenvalue weighted by Gasteiger charge is 2.16. The van der Waals surface area contributed by atoms with E-state index in [9.17, 15) is 9.00 Å². The number of aryl methyl sites for hydroxylation is 2. The van der Waals surface area contributed by atoms with Crippen molar-refractivity contribution in [3.63, 3.8) is 0 Å². The molecular weight excluding hydrogens is 538 g/mol. The molecule has 1 unspecified atom stereocenters. The van der Waals surface area contributed by atoms with Crippen LogP contribution in [0.3, 0.4) is 0 Å². The molecule has 0 radical (unpaired) electrons. The molecule has 0 aliphatic carbocycles. The first-order valence-corrected chi connectivity index (χ1v) is 15.2. The number of hydrogen-bond acceptors (Lipinski definition) is 7. The van der Waals surface area contributed by atoms with Crippen molar-refractivity contribution in [2.75, 3.05) is 42.1 Å². The number of aromatic amines is 1. The van der Waals surface area contributed by atoms with Crippen LogP contribution in [0.15, 0.2) is 64.1 Å². The van der Waals surface area contributed by atoms with Gasteiger partial charge in [-0.25, -0.2) is 9.19 Å². The molecule has 5 rings (SSSR count). The minimum absolute atomic E-state index is 0.191. The van der Waals surface area contributed by atoms with Crippen molar-refractivity contribution in [1.29, 1.82) is 0 Å². The molecule has 4 aromatic rings. The fourth-order valence-corrected chi connectivity index (χ4v) is 6.09.